The lowest BCUT2D eigenvalue weighted by atomic mass is 10.1. The Kier molecular flexibility index (Phi) is 9.59. The van der Waals surface area contributed by atoms with Gasteiger partial charge in [0.2, 0.25) is 0 Å². The number of nitrogens with zero attached hydrogens (tertiary/aromatic N) is 2. The van der Waals surface area contributed by atoms with Gasteiger partial charge in [0.1, 0.15) is 0 Å². The van der Waals surface area contributed by atoms with E-state index in [0.29, 0.717) is 19.1 Å². The van der Waals surface area contributed by atoms with Crippen molar-refractivity contribution in [3.8, 4) is 0 Å². The molecule has 0 saturated carbocycles. The summed E-state index contributed by atoms with van der Waals surface area (Å²) in [5.74, 6) is 1.52. The van der Waals surface area contributed by atoms with Gasteiger partial charge in [-0.2, -0.15) is 0 Å². The Labute approximate surface area is 164 Å². The van der Waals surface area contributed by atoms with Crippen LogP contribution in [-0.4, -0.2) is 63.4 Å². The van der Waals surface area contributed by atoms with Gasteiger partial charge in [-0.15, -0.1) is 0 Å². The summed E-state index contributed by atoms with van der Waals surface area (Å²) in [5, 5.41) is 6.75. The van der Waals surface area contributed by atoms with Crippen molar-refractivity contribution in [2.24, 2.45) is 10.9 Å². The first-order valence-electron chi connectivity index (χ1n) is 10.0. The van der Waals surface area contributed by atoms with Crippen LogP contribution in [0.15, 0.2) is 29.3 Å². The molecule has 1 unspecified atom stereocenters. The van der Waals surface area contributed by atoms with Crippen LogP contribution in [0.25, 0.3) is 0 Å². The van der Waals surface area contributed by atoms with E-state index < -0.39 is 0 Å². The maximum Gasteiger partial charge on any atom is 0.191 e. The number of guanidine groups is 1. The fourth-order valence-corrected chi connectivity index (χ4v) is 3.22. The van der Waals surface area contributed by atoms with Gasteiger partial charge in [0, 0.05) is 39.8 Å². The van der Waals surface area contributed by atoms with E-state index in [-0.39, 0.29) is 6.10 Å². The minimum Gasteiger partial charge on any atom is -0.380 e. The molecule has 6 nitrogen and oxygen atoms in total. The molecular formula is C21H36N4O2. The highest BCUT2D eigenvalue weighted by Gasteiger charge is 2.21. The molecule has 27 heavy (non-hydrogen) atoms. The molecule has 6 heteroatoms. The van der Waals surface area contributed by atoms with Crippen LogP contribution in [-0.2, 0) is 22.6 Å². The maximum atomic E-state index is 5.92. The number of rotatable bonds is 9. The zero-order chi connectivity index (χ0) is 19.5. The summed E-state index contributed by atoms with van der Waals surface area (Å²) in [6.07, 6.45) is 0.203. The molecule has 1 saturated heterocycles. The summed E-state index contributed by atoms with van der Waals surface area (Å²) in [5.41, 5.74) is 2.36. The molecule has 1 atom stereocenters. The van der Waals surface area contributed by atoms with E-state index in [4.69, 9.17) is 14.5 Å². The van der Waals surface area contributed by atoms with Crippen molar-refractivity contribution < 1.29 is 9.47 Å². The molecule has 1 heterocycles. The number of methoxy groups -OCH3 is 1. The van der Waals surface area contributed by atoms with Crippen LogP contribution >= 0.6 is 0 Å². The molecular weight excluding hydrogens is 340 g/mol. The molecule has 2 N–H and O–H groups in total. The lowest BCUT2D eigenvalue weighted by molar-refractivity contribution is -0.0284. The summed E-state index contributed by atoms with van der Waals surface area (Å²) in [7, 11) is 1.71. The van der Waals surface area contributed by atoms with Crippen LogP contribution in [0.2, 0.25) is 0 Å². The van der Waals surface area contributed by atoms with Gasteiger partial charge in [-0.3, -0.25) is 4.90 Å². The third-order valence-corrected chi connectivity index (χ3v) is 4.44. The SMILES string of the molecule is CCNC(=NCc1ccc(COC)cc1)NCC1CN(CC(C)C)CCO1. The topological polar surface area (TPSA) is 58.1 Å². The summed E-state index contributed by atoms with van der Waals surface area (Å²) < 4.78 is 11.1. The highest BCUT2D eigenvalue weighted by Crippen LogP contribution is 2.08. The number of benzene rings is 1. The zero-order valence-electron chi connectivity index (χ0n) is 17.3. The van der Waals surface area contributed by atoms with E-state index in [2.05, 4.69) is 60.6 Å². The van der Waals surface area contributed by atoms with Gasteiger partial charge >= 0.3 is 0 Å². The van der Waals surface area contributed by atoms with Crippen LogP contribution in [0.1, 0.15) is 31.9 Å². The second-order valence-electron chi connectivity index (χ2n) is 7.47. The van der Waals surface area contributed by atoms with E-state index in [1.807, 2.05) is 0 Å². The molecule has 152 valence electrons. The van der Waals surface area contributed by atoms with E-state index in [0.717, 1.165) is 45.3 Å². The highest BCUT2D eigenvalue weighted by molar-refractivity contribution is 5.79. The first kappa shape index (κ1) is 21.7. The Morgan fingerprint density at radius 3 is 2.67 bits per heavy atom. The quantitative estimate of drug-likeness (QED) is 0.511. The number of hydrogen-bond acceptors (Lipinski definition) is 4. The molecule has 0 bridgehead atoms. The van der Waals surface area contributed by atoms with Crippen LogP contribution in [0.5, 0.6) is 0 Å². The van der Waals surface area contributed by atoms with Gasteiger partial charge in [0.05, 0.1) is 25.9 Å². The molecule has 1 aromatic rings. The van der Waals surface area contributed by atoms with Crippen molar-refractivity contribution in [1.82, 2.24) is 15.5 Å². The van der Waals surface area contributed by atoms with Crippen molar-refractivity contribution in [3.63, 3.8) is 0 Å². The first-order chi connectivity index (χ1) is 13.1. The summed E-state index contributed by atoms with van der Waals surface area (Å²) in [6.45, 7) is 13.5. The van der Waals surface area contributed by atoms with Crippen molar-refractivity contribution in [2.75, 3.05) is 46.4 Å². The zero-order valence-corrected chi connectivity index (χ0v) is 17.3. The average Bonchev–Trinajstić information content (AvgIpc) is 2.65. The molecule has 0 aliphatic carbocycles. The molecule has 2 rings (SSSR count). The Balaban J connectivity index is 1.84. The van der Waals surface area contributed by atoms with Crippen LogP contribution in [0, 0.1) is 5.92 Å². The predicted octanol–water partition coefficient (Wildman–Crippen LogP) is 2.24. The summed E-state index contributed by atoms with van der Waals surface area (Å²) >= 11 is 0. The average molecular weight is 377 g/mol. The molecule has 0 radical (unpaired) electrons. The van der Waals surface area contributed by atoms with Gasteiger partial charge in [0.15, 0.2) is 5.96 Å². The molecule has 1 aliphatic heterocycles. The van der Waals surface area contributed by atoms with E-state index in [9.17, 15) is 0 Å². The smallest absolute Gasteiger partial charge is 0.191 e. The second kappa shape index (κ2) is 12.0. The number of morpholine rings is 1. The largest absolute Gasteiger partial charge is 0.380 e. The summed E-state index contributed by atoms with van der Waals surface area (Å²) in [4.78, 5) is 7.20. The fourth-order valence-electron chi connectivity index (χ4n) is 3.22. The Morgan fingerprint density at radius 1 is 1.26 bits per heavy atom. The Bertz CT molecular complexity index is 560. The summed E-state index contributed by atoms with van der Waals surface area (Å²) in [6, 6.07) is 8.40. The predicted molar refractivity (Wildman–Crippen MR) is 111 cm³/mol. The Morgan fingerprint density at radius 2 is 2.00 bits per heavy atom. The molecule has 0 amide bonds. The van der Waals surface area contributed by atoms with Gasteiger partial charge in [-0.05, 0) is 24.0 Å². The van der Waals surface area contributed by atoms with E-state index in [1.54, 1.807) is 7.11 Å². The van der Waals surface area contributed by atoms with E-state index >= 15 is 0 Å². The molecule has 1 fully saturated rings. The normalized spacial score (nSPS) is 18.7. The molecule has 1 aromatic carbocycles. The molecule has 1 aliphatic rings. The third kappa shape index (κ3) is 8.28. The van der Waals surface area contributed by atoms with Crippen LogP contribution in [0.4, 0.5) is 0 Å². The molecule has 0 spiro atoms. The first-order valence-corrected chi connectivity index (χ1v) is 10.0. The van der Waals surface area contributed by atoms with Crippen LogP contribution < -0.4 is 10.6 Å². The lowest BCUT2D eigenvalue weighted by Crippen LogP contribution is -2.50. The van der Waals surface area contributed by atoms with Gasteiger partial charge in [-0.25, -0.2) is 4.99 Å². The van der Waals surface area contributed by atoms with Crippen molar-refractivity contribution in [1.29, 1.82) is 0 Å². The number of nitrogens with one attached hydrogen (secondary N) is 2. The minimum atomic E-state index is 0.203. The second-order valence-corrected chi connectivity index (χ2v) is 7.47. The maximum absolute atomic E-state index is 5.92. The molecule has 0 aromatic heterocycles. The number of aliphatic imine (C=N–C) groups is 1. The monoisotopic (exact) mass is 376 g/mol. The van der Waals surface area contributed by atoms with Crippen LogP contribution in [0.3, 0.4) is 0 Å². The van der Waals surface area contributed by atoms with Gasteiger partial charge in [0.25, 0.3) is 0 Å². The van der Waals surface area contributed by atoms with Crippen molar-refractivity contribution >= 4 is 5.96 Å². The minimum absolute atomic E-state index is 0.203. The lowest BCUT2D eigenvalue weighted by Gasteiger charge is -2.34. The van der Waals surface area contributed by atoms with Crippen molar-refractivity contribution in [3.05, 3.63) is 35.4 Å². The number of ether oxygens (including phenoxy) is 2. The standard InChI is InChI=1S/C21H36N4O2/c1-5-22-21(23-12-18-6-8-19(9-7-18)16-26-4)24-13-20-15-25(10-11-27-20)14-17(2)3/h6-9,17,20H,5,10-16H2,1-4H3,(H2,22,23,24). The fraction of sp³-hybridized carbons (Fsp3) is 0.667. The van der Waals surface area contributed by atoms with E-state index in [1.165, 1.54) is 11.1 Å². The number of hydrogen-bond donors (Lipinski definition) is 2. The third-order valence-electron chi connectivity index (χ3n) is 4.44. The highest BCUT2D eigenvalue weighted by atomic mass is 16.5. The van der Waals surface area contributed by atoms with Gasteiger partial charge in [-0.1, -0.05) is 38.1 Å². The van der Waals surface area contributed by atoms with Crippen molar-refractivity contribution in [2.45, 2.75) is 40.0 Å². The van der Waals surface area contributed by atoms with Gasteiger partial charge < -0.3 is 20.1 Å². The Hall–Kier alpha value is -1.63.